The van der Waals surface area contributed by atoms with Gasteiger partial charge in [0.25, 0.3) is 0 Å². The molecule has 2 amide bonds. The Morgan fingerprint density at radius 2 is 1.74 bits per heavy atom. The molecule has 2 atom stereocenters. The monoisotopic (exact) mass is 567 g/mol. The minimum Gasteiger partial charge on any atom is -0.491 e. The average molecular weight is 568 g/mol. The molecule has 1 aliphatic heterocycles. The van der Waals surface area contributed by atoms with E-state index >= 15 is 0 Å². The second-order valence-corrected chi connectivity index (χ2v) is 10.2. The molecule has 1 aromatic heterocycles. The number of fused-ring (bicyclic) bond motifs is 3. The lowest BCUT2D eigenvalue weighted by Crippen LogP contribution is -2.42. The number of nitrogens with one attached hydrogen (secondary N) is 2. The van der Waals surface area contributed by atoms with Crippen LogP contribution < -0.4 is 14.8 Å². The highest BCUT2D eigenvalue weighted by molar-refractivity contribution is 6.31. The van der Waals surface area contributed by atoms with Crippen molar-refractivity contribution in [3.63, 3.8) is 0 Å². The third-order valence-corrected chi connectivity index (χ3v) is 7.05. The Morgan fingerprint density at radius 3 is 2.46 bits per heavy atom. The SMILES string of the molecule is CC(=O)NCC(O)COc1ccc(C2c3[nH]c4ccc(Cl)cc4c3CCN2C(=O)Oc2ccc(Cl)cc2)cc1. The van der Waals surface area contributed by atoms with E-state index in [9.17, 15) is 14.7 Å². The number of amides is 2. The maximum Gasteiger partial charge on any atom is 0.416 e. The zero-order chi connectivity index (χ0) is 27.5. The molecule has 202 valence electrons. The standard InChI is InChI=1S/C29H27Cl2N3O5/c1-17(35)32-15-21(36)16-38-22-7-2-18(3-8-22)28-27-24(25-14-20(31)6-11-26(25)33-27)12-13-34(28)29(37)39-23-9-4-19(30)5-10-23/h2-11,14,21,28,33,36H,12-13,15-16H2,1H3,(H,32,35). The van der Waals surface area contributed by atoms with Crippen molar-refractivity contribution in [2.45, 2.75) is 25.5 Å². The quantitative estimate of drug-likeness (QED) is 0.273. The van der Waals surface area contributed by atoms with E-state index in [2.05, 4.69) is 10.3 Å². The van der Waals surface area contributed by atoms with Gasteiger partial charge < -0.3 is 24.9 Å². The van der Waals surface area contributed by atoms with Crippen LogP contribution in [0, 0.1) is 0 Å². The van der Waals surface area contributed by atoms with Gasteiger partial charge in [0.2, 0.25) is 5.91 Å². The molecule has 0 aliphatic carbocycles. The maximum atomic E-state index is 13.4. The number of carbonyl (C=O) groups excluding carboxylic acids is 2. The van der Waals surface area contributed by atoms with Gasteiger partial charge in [-0.2, -0.15) is 0 Å². The fourth-order valence-corrected chi connectivity index (χ4v) is 5.02. The topological polar surface area (TPSA) is 104 Å². The van der Waals surface area contributed by atoms with Gasteiger partial charge in [0.05, 0.1) is 0 Å². The van der Waals surface area contributed by atoms with Crippen LogP contribution in [-0.2, 0) is 11.2 Å². The van der Waals surface area contributed by atoms with Crippen LogP contribution in [0.15, 0.2) is 66.7 Å². The number of H-pyrrole nitrogens is 1. The highest BCUT2D eigenvalue weighted by Crippen LogP contribution is 2.40. The van der Waals surface area contributed by atoms with Crippen LogP contribution in [0.4, 0.5) is 4.79 Å². The number of hydrogen-bond donors (Lipinski definition) is 3. The van der Waals surface area contributed by atoms with E-state index < -0.39 is 18.2 Å². The molecule has 2 heterocycles. The van der Waals surface area contributed by atoms with Gasteiger partial charge in [0, 0.05) is 46.7 Å². The summed E-state index contributed by atoms with van der Waals surface area (Å²) in [6.07, 6.45) is -0.688. The third kappa shape index (κ3) is 6.14. The lowest BCUT2D eigenvalue weighted by atomic mass is 9.92. The van der Waals surface area contributed by atoms with Crippen molar-refractivity contribution >= 4 is 46.1 Å². The number of aliphatic hydroxyl groups excluding tert-OH is 1. The van der Waals surface area contributed by atoms with E-state index in [1.807, 2.05) is 30.3 Å². The first kappa shape index (κ1) is 26.9. The first-order valence-corrected chi connectivity index (χ1v) is 13.2. The molecule has 2 unspecified atom stereocenters. The van der Waals surface area contributed by atoms with E-state index in [1.54, 1.807) is 41.3 Å². The van der Waals surface area contributed by atoms with E-state index in [1.165, 1.54) is 6.92 Å². The summed E-state index contributed by atoms with van der Waals surface area (Å²) < 4.78 is 11.4. The largest absolute Gasteiger partial charge is 0.491 e. The Balaban J connectivity index is 1.42. The van der Waals surface area contributed by atoms with Crippen LogP contribution in [-0.4, -0.2) is 52.8 Å². The van der Waals surface area contributed by atoms with Gasteiger partial charge in [-0.3, -0.25) is 9.69 Å². The summed E-state index contributed by atoms with van der Waals surface area (Å²) in [5, 5.41) is 14.8. The van der Waals surface area contributed by atoms with Crippen LogP contribution in [0.25, 0.3) is 10.9 Å². The number of rotatable bonds is 7. The maximum absolute atomic E-state index is 13.4. The van der Waals surface area contributed by atoms with Gasteiger partial charge in [-0.25, -0.2) is 4.79 Å². The van der Waals surface area contributed by atoms with Crippen molar-refractivity contribution < 1.29 is 24.2 Å². The van der Waals surface area contributed by atoms with Gasteiger partial charge >= 0.3 is 6.09 Å². The van der Waals surface area contributed by atoms with Crippen LogP contribution in [0.1, 0.15) is 29.8 Å². The predicted octanol–water partition coefficient (Wildman–Crippen LogP) is 5.50. The van der Waals surface area contributed by atoms with Crippen molar-refractivity contribution in [1.82, 2.24) is 15.2 Å². The number of benzene rings is 3. The number of hydrogen-bond acceptors (Lipinski definition) is 5. The fraction of sp³-hybridized carbons (Fsp3) is 0.241. The molecule has 4 aromatic rings. The number of nitrogens with zero attached hydrogens (tertiary/aromatic N) is 1. The zero-order valence-corrected chi connectivity index (χ0v) is 22.6. The van der Waals surface area contributed by atoms with Gasteiger partial charge in [-0.05, 0) is 72.1 Å². The molecule has 5 rings (SSSR count). The first-order valence-electron chi connectivity index (χ1n) is 12.5. The van der Waals surface area contributed by atoms with Gasteiger partial charge in [0.15, 0.2) is 0 Å². The molecule has 0 spiro atoms. The van der Waals surface area contributed by atoms with E-state index in [0.29, 0.717) is 34.5 Å². The Labute approximate surface area is 235 Å². The molecule has 0 saturated heterocycles. The van der Waals surface area contributed by atoms with E-state index in [0.717, 1.165) is 27.7 Å². The summed E-state index contributed by atoms with van der Waals surface area (Å²) in [5.74, 6) is 0.734. The van der Waals surface area contributed by atoms with E-state index in [-0.39, 0.29) is 19.1 Å². The fourth-order valence-electron chi connectivity index (χ4n) is 4.73. The van der Waals surface area contributed by atoms with Crippen LogP contribution in [0.2, 0.25) is 10.0 Å². The number of halogens is 2. The Morgan fingerprint density at radius 1 is 1.05 bits per heavy atom. The molecule has 39 heavy (non-hydrogen) atoms. The van der Waals surface area contributed by atoms with Gasteiger partial charge in [-0.15, -0.1) is 0 Å². The summed E-state index contributed by atoms with van der Waals surface area (Å²) in [4.78, 5) is 29.7. The Kier molecular flexibility index (Phi) is 7.97. The second kappa shape index (κ2) is 11.6. The highest BCUT2D eigenvalue weighted by atomic mass is 35.5. The van der Waals surface area contributed by atoms with Crippen molar-refractivity contribution in [2.75, 3.05) is 19.7 Å². The minimum atomic E-state index is -0.842. The molecule has 0 radical (unpaired) electrons. The number of aliphatic hydroxyl groups is 1. The summed E-state index contributed by atoms with van der Waals surface area (Å²) >= 11 is 12.3. The smallest absolute Gasteiger partial charge is 0.416 e. The van der Waals surface area contributed by atoms with Crippen molar-refractivity contribution in [1.29, 1.82) is 0 Å². The average Bonchev–Trinajstić information content (AvgIpc) is 3.29. The lowest BCUT2D eigenvalue weighted by molar-refractivity contribution is -0.119. The molecule has 10 heteroatoms. The number of aromatic nitrogens is 1. The zero-order valence-electron chi connectivity index (χ0n) is 21.1. The van der Waals surface area contributed by atoms with Crippen molar-refractivity contribution in [3.05, 3.63) is 93.6 Å². The lowest BCUT2D eigenvalue weighted by Gasteiger charge is -2.35. The van der Waals surface area contributed by atoms with E-state index in [4.69, 9.17) is 32.7 Å². The summed E-state index contributed by atoms with van der Waals surface area (Å²) in [6.45, 7) is 1.96. The number of carbonyl (C=O) groups is 2. The van der Waals surface area contributed by atoms with Crippen molar-refractivity contribution in [2.24, 2.45) is 0 Å². The minimum absolute atomic E-state index is 0.0233. The molecule has 1 aliphatic rings. The van der Waals surface area contributed by atoms with Gasteiger partial charge in [0.1, 0.15) is 30.3 Å². The number of aromatic amines is 1. The van der Waals surface area contributed by atoms with Gasteiger partial charge in [-0.1, -0.05) is 35.3 Å². The number of ether oxygens (including phenoxy) is 2. The Bertz CT molecular complexity index is 1490. The molecule has 8 nitrogen and oxygen atoms in total. The predicted molar refractivity (Wildman–Crippen MR) is 150 cm³/mol. The normalized spacial score (nSPS) is 15.5. The molecule has 3 N–H and O–H groups in total. The summed E-state index contributed by atoms with van der Waals surface area (Å²) in [6, 6.07) is 19.3. The molecule has 0 fully saturated rings. The highest BCUT2D eigenvalue weighted by Gasteiger charge is 2.35. The Hall–Kier alpha value is -3.72. The third-order valence-electron chi connectivity index (χ3n) is 6.57. The summed E-state index contributed by atoms with van der Waals surface area (Å²) in [5.41, 5.74) is 3.80. The van der Waals surface area contributed by atoms with Crippen LogP contribution >= 0.6 is 23.2 Å². The van der Waals surface area contributed by atoms with Crippen molar-refractivity contribution in [3.8, 4) is 11.5 Å². The van der Waals surface area contributed by atoms with Crippen LogP contribution in [0.5, 0.6) is 11.5 Å². The molecule has 3 aromatic carbocycles. The second-order valence-electron chi connectivity index (χ2n) is 9.35. The first-order chi connectivity index (χ1) is 18.8. The molecular weight excluding hydrogens is 541 g/mol. The molecular formula is C29H27Cl2N3O5. The summed E-state index contributed by atoms with van der Waals surface area (Å²) in [7, 11) is 0. The molecule has 0 bridgehead atoms. The van der Waals surface area contributed by atoms with Crippen LogP contribution in [0.3, 0.4) is 0 Å². The molecule has 0 saturated carbocycles.